The van der Waals surface area contributed by atoms with Crippen LogP contribution in [-0.2, 0) is 19.1 Å². The normalized spacial score (nSPS) is 19.9. The zero-order valence-corrected chi connectivity index (χ0v) is 16.7. The van der Waals surface area contributed by atoms with Crippen molar-refractivity contribution in [3.05, 3.63) is 16.9 Å². The molecule has 2 rings (SSSR count). The number of nitrogens with one attached hydrogen (secondary N) is 1. The molecule has 0 aliphatic heterocycles. The average molecular weight is 420 g/mol. The summed E-state index contributed by atoms with van der Waals surface area (Å²) in [4.78, 5) is 48.1. The van der Waals surface area contributed by atoms with Gasteiger partial charge in [-0.05, 0) is 27.7 Å². The lowest BCUT2D eigenvalue weighted by Crippen LogP contribution is -2.27. The third-order valence-corrected chi connectivity index (χ3v) is 5.31. The fourth-order valence-corrected chi connectivity index (χ4v) is 3.22. The fraction of sp³-hybridized carbons (Fsp3) is 0.529. The monoisotopic (exact) mass is 419 g/mol. The minimum atomic E-state index is -1.22. The molecule has 1 aromatic heterocycles. The first-order chi connectivity index (χ1) is 12.4. The van der Waals surface area contributed by atoms with Gasteiger partial charge in [-0.3, -0.25) is 19.7 Å². The van der Waals surface area contributed by atoms with Crippen molar-refractivity contribution in [2.24, 2.45) is 5.41 Å². The fourth-order valence-electron chi connectivity index (χ4n) is 2.53. The summed E-state index contributed by atoms with van der Waals surface area (Å²) in [5.41, 5.74) is -1.24. The number of hydrogen-bond acceptors (Lipinski definition) is 7. The maximum atomic E-state index is 12.2. The van der Waals surface area contributed by atoms with Crippen LogP contribution in [0.2, 0.25) is 0 Å². The predicted molar refractivity (Wildman–Crippen MR) is 96.2 cm³/mol. The van der Waals surface area contributed by atoms with Crippen LogP contribution >= 0.6 is 23.2 Å². The smallest absolute Gasteiger partial charge is 0.344 e. The standard InChI is InChI=1S/C17H19Cl2NO7/c1-5-25-14(23)12-11(8(2)21)9(3)27-13(12)20-10(22)6-26-15(24)16(4)7-17(16,18)19/h5-7H2,1-4H3,(H,20,22)/t16-/m1/s1. The number of amides is 1. The Bertz CT molecular complexity index is 814. The lowest BCUT2D eigenvalue weighted by atomic mass is 10.1. The Balaban J connectivity index is 2.11. The molecule has 0 unspecified atom stereocenters. The highest BCUT2D eigenvalue weighted by Gasteiger charge is 2.69. The minimum absolute atomic E-state index is 0.0142. The Morgan fingerprint density at radius 2 is 1.78 bits per heavy atom. The number of Topliss-reactive ketones (excluding diaryl/α,β-unsaturated/α-hetero) is 1. The van der Waals surface area contributed by atoms with E-state index in [4.69, 9.17) is 37.1 Å². The van der Waals surface area contributed by atoms with Gasteiger partial charge >= 0.3 is 11.9 Å². The lowest BCUT2D eigenvalue weighted by Gasteiger charge is -2.11. The van der Waals surface area contributed by atoms with Crippen molar-refractivity contribution in [3.8, 4) is 0 Å². The first-order valence-electron chi connectivity index (χ1n) is 8.11. The molecule has 0 saturated heterocycles. The van der Waals surface area contributed by atoms with Crippen molar-refractivity contribution in [2.75, 3.05) is 18.5 Å². The van der Waals surface area contributed by atoms with Crippen LogP contribution in [-0.4, -0.2) is 41.2 Å². The molecule has 1 aliphatic rings. The molecule has 0 radical (unpaired) electrons. The number of ketones is 1. The molecule has 148 valence electrons. The molecule has 0 aromatic carbocycles. The Morgan fingerprint density at radius 3 is 2.26 bits per heavy atom. The molecule has 1 N–H and O–H groups in total. The van der Waals surface area contributed by atoms with Crippen molar-refractivity contribution in [2.45, 2.75) is 38.4 Å². The molecule has 8 nitrogen and oxygen atoms in total. The van der Waals surface area contributed by atoms with Crippen LogP contribution in [0.1, 0.15) is 53.7 Å². The van der Waals surface area contributed by atoms with Gasteiger partial charge < -0.3 is 13.9 Å². The van der Waals surface area contributed by atoms with E-state index in [1.807, 2.05) is 0 Å². The molecule has 1 atom stereocenters. The van der Waals surface area contributed by atoms with Gasteiger partial charge in [0.25, 0.3) is 5.91 Å². The van der Waals surface area contributed by atoms with Crippen LogP contribution in [0.15, 0.2) is 4.42 Å². The molecule has 0 spiro atoms. The van der Waals surface area contributed by atoms with Crippen LogP contribution in [0.25, 0.3) is 0 Å². The highest BCUT2D eigenvalue weighted by atomic mass is 35.5. The number of furan rings is 1. The van der Waals surface area contributed by atoms with Gasteiger partial charge in [0, 0.05) is 6.42 Å². The molecule has 1 amide bonds. The summed E-state index contributed by atoms with van der Waals surface area (Å²) in [5.74, 6) is -2.82. The molecule has 1 heterocycles. The highest BCUT2D eigenvalue weighted by molar-refractivity contribution is 6.53. The van der Waals surface area contributed by atoms with E-state index in [0.29, 0.717) is 0 Å². The number of esters is 2. The predicted octanol–water partition coefficient (Wildman–Crippen LogP) is 3.03. The maximum absolute atomic E-state index is 12.2. The van der Waals surface area contributed by atoms with Crippen LogP contribution in [0.3, 0.4) is 0 Å². The Kier molecular flexibility index (Phi) is 5.91. The van der Waals surface area contributed by atoms with Gasteiger partial charge in [-0.15, -0.1) is 23.2 Å². The summed E-state index contributed by atoms with van der Waals surface area (Å²) in [6.45, 7) is 5.29. The van der Waals surface area contributed by atoms with Gasteiger partial charge in [0.1, 0.15) is 21.1 Å². The molecule has 10 heteroatoms. The van der Waals surface area contributed by atoms with Gasteiger partial charge in [0.15, 0.2) is 12.4 Å². The quantitative estimate of drug-likeness (QED) is 0.410. The molecule has 27 heavy (non-hydrogen) atoms. The molecule has 1 fully saturated rings. The van der Waals surface area contributed by atoms with Crippen LogP contribution in [0, 0.1) is 12.3 Å². The third-order valence-electron chi connectivity index (χ3n) is 4.21. The lowest BCUT2D eigenvalue weighted by molar-refractivity contribution is -0.152. The molecule has 0 bridgehead atoms. The molecule has 1 aromatic rings. The second-order valence-corrected chi connectivity index (χ2v) is 7.84. The van der Waals surface area contributed by atoms with Gasteiger partial charge in [-0.2, -0.15) is 0 Å². The SMILES string of the molecule is CCOC(=O)c1c(NC(=O)COC(=O)[C@@]2(C)CC2(Cl)Cl)oc(C)c1C(C)=O. The van der Waals surface area contributed by atoms with E-state index in [-0.39, 0.29) is 35.8 Å². The van der Waals surface area contributed by atoms with E-state index in [0.717, 1.165) is 0 Å². The number of carbonyl (C=O) groups is 4. The minimum Gasteiger partial charge on any atom is -0.462 e. The summed E-state index contributed by atoms with van der Waals surface area (Å²) < 4.78 is 13.9. The van der Waals surface area contributed by atoms with Gasteiger partial charge in [0.2, 0.25) is 5.88 Å². The van der Waals surface area contributed by atoms with E-state index >= 15 is 0 Å². The zero-order chi connectivity index (χ0) is 20.6. The number of aryl methyl sites for hydroxylation is 1. The van der Waals surface area contributed by atoms with Gasteiger partial charge in [-0.25, -0.2) is 4.79 Å². The summed E-state index contributed by atoms with van der Waals surface area (Å²) >= 11 is 11.8. The second-order valence-electron chi connectivity index (χ2n) is 6.35. The van der Waals surface area contributed by atoms with E-state index in [9.17, 15) is 19.2 Å². The van der Waals surface area contributed by atoms with E-state index in [1.165, 1.54) is 20.8 Å². The van der Waals surface area contributed by atoms with E-state index in [2.05, 4.69) is 5.32 Å². The van der Waals surface area contributed by atoms with Crippen molar-refractivity contribution in [1.29, 1.82) is 0 Å². The number of halogens is 2. The Hall–Kier alpha value is -2.06. The number of anilines is 1. The number of ether oxygens (including phenoxy) is 2. The third kappa shape index (κ3) is 4.11. The first kappa shape index (κ1) is 21.2. The highest BCUT2D eigenvalue weighted by Crippen LogP contribution is 2.64. The topological polar surface area (TPSA) is 112 Å². The van der Waals surface area contributed by atoms with Crippen molar-refractivity contribution in [3.63, 3.8) is 0 Å². The van der Waals surface area contributed by atoms with E-state index in [1.54, 1.807) is 6.92 Å². The molecule has 1 saturated carbocycles. The number of carbonyl (C=O) groups excluding carboxylic acids is 4. The summed E-state index contributed by atoms with van der Waals surface area (Å²) in [7, 11) is 0. The van der Waals surface area contributed by atoms with Crippen LogP contribution < -0.4 is 5.32 Å². The van der Waals surface area contributed by atoms with Crippen LogP contribution in [0.4, 0.5) is 5.88 Å². The zero-order valence-electron chi connectivity index (χ0n) is 15.2. The van der Waals surface area contributed by atoms with E-state index < -0.39 is 40.0 Å². The summed E-state index contributed by atoms with van der Waals surface area (Å²) in [6, 6.07) is 0. The van der Waals surface area contributed by atoms with Gasteiger partial charge in [0.05, 0.1) is 12.2 Å². The Morgan fingerprint density at radius 1 is 1.19 bits per heavy atom. The number of hydrogen-bond donors (Lipinski definition) is 1. The molecule has 1 aliphatic carbocycles. The van der Waals surface area contributed by atoms with Crippen LogP contribution in [0.5, 0.6) is 0 Å². The molecular weight excluding hydrogens is 401 g/mol. The van der Waals surface area contributed by atoms with Crippen molar-refractivity contribution < 1.29 is 33.1 Å². The average Bonchev–Trinajstić information content (AvgIpc) is 2.91. The largest absolute Gasteiger partial charge is 0.462 e. The maximum Gasteiger partial charge on any atom is 0.344 e. The van der Waals surface area contributed by atoms with Crippen molar-refractivity contribution >= 4 is 52.7 Å². The Labute approximate surface area is 165 Å². The summed E-state index contributed by atoms with van der Waals surface area (Å²) in [6.07, 6.45) is 0.218. The number of alkyl halides is 2. The molecular formula is C17H19Cl2NO7. The number of rotatable bonds is 7. The second kappa shape index (κ2) is 7.52. The summed E-state index contributed by atoms with van der Waals surface area (Å²) in [5, 5.41) is 2.31. The first-order valence-corrected chi connectivity index (χ1v) is 8.86. The van der Waals surface area contributed by atoms with Crippen molar-refractivity contribution in [1.82, 2.24) is 0 Å². The van der Waals surface area contributed by atoms with Gasteiger partial charge in [-0.1, -0.05) is 0 Å².